The molecule has 42 heavy (non-hydrogen) atoms. The number of rotatable bonds is 21. The van der Waals surface area contributed by atoms with Crippen LogP contribution in [-0.4, -0.2) is 56.3 Å². The van der Waals surface area contributed by atoms with Gasteiger partial charge in [-0.2, -0.15) is 0 Å². The molecule has 0 fully saturated rings. The maximum Gasteiger partial charge on any atom is 0.407 e. The van der Waals surface area contributed by atoms with Crippen molar-refractivity contribution in [1.82, 2.24) is 10.6 Å². The third kappa shape index (κ3) is 38.7. The standard InChI is InChI=1S/C17H30N2O4.C16H24O.CH4O/c1-5-6-7-11-14-22-15(20)18-12-9-8-10-13-19-16(21)23-17(2,3)4;1-4-7-9-10-11-12-14-16(6-3)17-15-13-8-5-2;1-2/h1H,6-14H2,2-4H3,(H,18,20)(H,19,21);4-6,11-12,14H,1-3,7-10,13,15H2;2H,1H3/b;12-11-,16-14+;. The van der Waals surface area contributed by atoms with E-state index in [1.54, 1.807) is 6.08 Å². The van der Waals surface area contributed by atoms with E-state index in [0.29, 0.717) is 32.7 Å². The first kappa shape index (κ1) is 43.0. The van der Waals surface area contributed by atoms with Crippen LogP contribution < -0.4 is 10.6 Å². The number of aliphatic hydroxyl groups excluding tert-OH is 1. The molecular formula is C34H58N2O6. The van der Waals surface area contributed by atoms with E-state index in [0.717, 1.165) is 77.1 Å². The van der Waals surface area contributed by atoms with Crippen molar-refractivity contribution in [3.8, 4) is 12.3 Å². The van der Waals surface area contributed by atoms with Crippen LogP contribution in [0.4, 0.5) is 9.59 Å². The molecule has 0 aromatic carbocycles. The first-order valence-corrected chi connectivity index (χ1v) is 14.8. The molecule has 0 aliphatic carbocycles. The Balaban J connectivity index is -0.000000711. The van der Waals surface area contributed by atoms with Gasteiger partial charge in [-0.1, -0.05) is 30.9 Å². The van der Waals surface area contributed by atoms with Gasteiger partial charge in [0.15, 0.2) is 0 Å². The Labute approximate surface area is 256 Å². The fourth-order valence-electron chi connectivity index (χ4n) is 2.90. The fourth-order valence-corrected chi connectivity index (χ4v) is 2.90. The van der Waals surface area contributed by atoms with Gasteiger partial charge in [0.2, 0.25) is 0 Å². The Hall–Kier alpha value is -3.44. The number of unbranched alkanes of at least 4 members (excludes halogenated alkanes) is 7. The van der Waals surface area contributed by atoms with Crippen molar-refractivity contribution in [2.24, 2.45) is 0 Å². The zero-order valence-corrected chi connectivity index (χ0v) is 26.8. The van der Waals surface area contributed by atoms with Crippen molar-refractivity contribution in [2.75, 3.05) is 33.4 Å². The van der Waals surface area contributed by atoms with Gasteiger partial charge in [-0.05, 0) is 97.1 Å². The molecule has 0 atom stereocenters. The van der Waals surface area contributed by atoms with E-state index in [1.165, 1.54) is 0 Å². The van der Waals surface area contributed by atoms with Crippen LogP contribution in [0, 0.1) is 12.3 Å². The Kier molecular flexibility index (Phi) is 34.6. The largest absolute Gasteiger partial charge is 0.494 e. The van der Waals surface area contributed by atoms with Gasteiger partial charge in [0.25, 0.3) is 0 Å². The maximum atomic E-state index is 11.4. The number of allylic oxidation sites excluding steroid dienone is 6. The predicted octanol–water partition coefficient (Wildman–Crippen LogP) is 7.77. The number of alkyl carbamates (subject to hydrolysis) is 2. The number of amides is 2. The van der Waals surface area contributed by atoms with Crippen LogP contribution in [0.3, 0.4) is 0 Å². The number of hydrogen-bond donors (Lipinski definition) is 3. The summed E-state index contributed by atoms with van der Waals surface area (Å²) in [5.74, 6) is 3.37. The van der Waals surface area contributed by atoms with Gasteiger partial charge in [0, 0.05) is 26.6 Å². The zero-order valence-electron chi connectivity index (χ0n) is 26.8. The van der Waals surface area contributed by atoms with Gasteiger partial charge in [-0.25, -0.2) is 9.59 Å². The monoisotopic (exact) mass is 590 g/mol. The second kappa shape index (κ2) is 33.8. The molecule has 0 radical (unpaired) electrons. The Morgan fingerprint density at radius 2 is 1.40 bits per heavy atom. The fraction of sp³-hybridized carbons (Fsp3) is 0.588. The molecule has 0 aliphatic rings. The van der Waals surface area contributed by atoms with Crippen molar-refractivity contribution in [2.45, 2.75) is 97.0 Å². The van der Waals surface area contributed by atoms with Crippen molar-refractivity contribution in [3.05, 3.63) is 62.0 Å². The quantitative estimate of drug-likeness (QED) is 0.0415. The summed E-state index contributed by atoms with van der Waals surface area (Å²) in [6.07, 6.45) is 26.3. The molecule has 8 heteroatoms. The van der Waals surface area contributed by atoms with E-state index in [2.05, 4.69) is 42.4 Å². The van der Waals surface area contributed by atoms with Crippen LogP contribution >= 0.6 is 0 Å². The molecule has 0 aromatic rings. The molecule has 0 unspecified atom stereocenters. The minimum Gasteiger partial charge on any atom is -0.494 e. The molecule has 240 valence electrons. The summed E-state index contributed by atoms with van der Waals surface area (Å²) in [7, 11) is 1.00. The normalized spacial score (nSPS) is 10.5. The van der Waals surface area contributed by atoms with Crippen LogP contribution in [-0.2, 0) is 14.2 Å². The van der Waals surface area contributed by atoms with Crippen molar-refractivity contribution in [1.29, 1.82) is 0 Å². The summed E-state index contributed by atoms with van der Waals surface area (Å²) >= 11 is 0. The highest BCUT2D eigenvalue weighted by atomic mass is 16.6. The lowest BCUT2D eigenvalue weighted by Gasteiger charge is -2.19. The number of nitrogens with one attached hydrogen (secondary N) is 2. The third-order valence-electron chi connectivity index (χ3n) is 4.94. The lowest BCUT2D eigenvalue weighted by molar-refractivity contribution is 0.0527. The highest BCUT2D eigenvalue weighted by Gasteiger charge is 2.15. The maximum absolute atomic E-state index is 11.4. The molecule has 0 saturated carbocycles. The van der Waals surface area contributed by atoms with Crippen LogP contribution in [0.1, 0.15) is 91.4 Å². The second-order valence-corrected chi connectivity index (χ2v) is 9.91. The summed E-state index contributed by atoms with van der Waals surface area (Å²) in [4.78, 5) is 22.7. The topological polar surface area (TPSA) is 106 Å². The number of aliphatic hydroxyl groups is 1. The van der Waals surface area contributed by atoms with E-state index in [4.69, 9.17) is 25.7 Å². The smallest absolute Gasteiger partial charge is 0.407 e. The lowest BCUT2D eigenvalue weighted by atomic mass is 10.2. The average Bonchev–Trinajstić information content (AvgIpc) is 2.95. The molecule has 0 bridgehead atoms. The van der Waals surface area contributed by atoms with Crippen LogP contribution in [0.5, 0.6) is 0 Å². The number of ether oxygens (including phenoxy) is 3. The zero-order chi connectivity index (χ0) is 32.3. The molecule has 0 aromatic heterocycles. The molecule has 0 rings (SSSR count). The van der Waals surface area contributed by atoms with Crippen LogP contribution in [0.15, 0.2) is 62.0 Å². The molecule has 0 saturated heterocycles. The predicted molar refractivity (Wildman–Crippen MR) is 175 cm³/mol. The summed E-state index contributed by atoms with van der Waals surface area (Å²) in [6.45, 7) is 18.8. The first-order valence-electron chi connectivity index (χ1n) is 14.8. The van der Waals surface area contributed by atoms with Gasteiger partial charge in [-0.3, -0.25) is 0 Å². The number of terminal acetylenes is 1. The van der Waals surface area contributed by atoms with E-state index < -0.39 is 17.8 Å². The molecule has 0 aliphatic heterocycles. The molecule has 2 amide bonds. The summed E-state index contributed by atoms with van der Waals surface area (Å²) in [5, 5.41) is 12.4. The van der Waals surface area contributed by atoms with Gasteiger partial charge < -0.3 is 30.0 Å². The number of carbonyl (C=O) groups excluding carboxylic acids is 2. The third-order valence-corrected chi connectivity index (χ3v) is 4.94. The number of hydrogen-bond acceptors (Lipinski definition) is 6. The van der Waals surface area contributed by atoms with Crippen LogP contribution in [0.25, 0.3) is 0 Å². The van der Waals surface area contributed by atoms with E-state index >= 15 is 0 Å². The highest BCUT2D eigenvalue weighted by Crippen LogP contribution is 2.06. The van der Waals surface area contributed by atoms with Gasteiger partial charge in [-0.15, -0.1) is 25.5 Å². The Morgan fingerprint density at radius 1 is 0.810 bits per heavy atom. The SMILES string of the molecule is C#CCCCCOC(=O)NCCCCCNC(=O)OC(C)(C)C.C=CCCC/C=C\C=C(/C=C)OCCCC=C.CO. The second-order valence-electron chi connectivity index (χ2n) is 9.91. The van der Waals surface area contributed by atoms with Crippen molar-refractivity contribution >= 4 is 12.2 Å². The molecular weight excluding hydrogens is 532 g/mol. The Bertz CT molecular complexity index is 791. The van der Waals surface area contributed by atoms with E-state index in [1.807, 2.05) is 45.1 Å². The van der Waals surface area contributed by atoms with Gasteiger partial charge in [0.1, 0.15) is 11.4 Å². The lowest BCUT2D eigenvalue weighted by Crippen LogP contribution is -2.33. The van der Waals surface area contributed by atoms with Crippen LogP contribution in [0.2, 0.25) is 0 Å². The average molecular weight is 591 g/mol. The minimum absolute atomic E-state index is 0.391. The van der Waals surface area contributed by atoms with Crippen molar-refractivity contribution < 1.29 is 28.9 Å². The van der Waals surface area contributed by atoms with Gasteiger partial charge in [0.05, 0.1) is 13.2 Å². The molecule has 0 spiro atoms. The van der Waals surface area contributed by atoms with E-state index in [9.17, 15) is 9.59 Å². The molecule has 3 N–H and O–H groups in total. The summed E-state index contributed by atoms with van der Waals surface area (Å²) < 4.78 is 15.7. The first-order chi connectivity index (χ1) is 20.2. The summed E-state index contributed by atoms with van der Waals surface area (Å²) in [6, 6.07) is 0. The number of carbonyl (C=O) groups is 2. The molecule has 8 nitrogen and oxygen atoms in total. The minimum atomic E-state index is -0.477. The van der Waals surface area contributed by atoms with E-state index in [-0.39, 0.29) is 0 Å². The van der Waals surface area contributed by atoms with Crippen molar-refractivity contribution in [3.63, 3.8) is 0 Å². The van der Waals surface area contributed by atoms with Gasteiger partial charge >= 0.3 is 12.2 Å². The summed E-state index contributed by atoms with van der Waals surface area (Å²) in [5.41, 5.74) is -0.477. The Morgan fingerprint density at radius 3 is 1.98 bits per heavy atom. The molecule has 0 heterocycles. The highest BCUT2D eigenvalue weighted by molar-refractivity contribution is 5.67.